The molecule has 0 saturated carbocycles. The Hall–Kier alpha value is -1.01. The minimum atomic E-state index is -1.32. The van der Waals surface area contributed by atoms with E-state index in [1.807, 2.05) is 0 Å². The summed E-state index contributed by atoms with van der Waals surface area (Å²) in [6.45, 7) is 0. The maximum atomic E-state index is 13.6. The predicted molar refractivity (Wildman–Crippen MR) is 64.1 cm³/mol. The normalized spacial score (nSPS) is 10.7. The minimum Gasteiger partial charge on any atom is -0.478 e. The lowest BCUT2D eigenvalue weighted by Gasteiger charge is -2.06. The summed E-state index contributed by atoms with van der Waals surface area (Å²) in [5.41, 5.74) is 0.0337. The van der Waals surface area contributed by atoms with E-state index in [0.29, 0.717) is 9.99 Å². The van der Waals surface area contributed by atoms with Gasteiger partial charge in [-0.1, -0.05) is 12.1 Å². The van der Waals surface area contributed by atoms with Crippen LogP contribution in [0.15, 0.2) is 27.3 Å². The average Bonchev–Trinajstić information content (AvgIpc) is 2.21. The molecule has 6 heteroatoms. The van der Waals surface area contributed by atoms with E-state index in [1.54, 1.807) is 12.1 Å². The molecular formula is C10H4Br2FNO2. The van der Waals surface area contributed by atoms with E-state index < -0.39 is 11.8 Å². The topological polar surface area (TPSA) is 50.2 Å². The fraction of sp³-hybridized carbons (Fsp3) is 0. The Morgan fingerprint density at radius 1 is 1.38 bits per heavy atom. The van der Waals surface area contributed by atoms with Crippen LogP contribution in [0.25, 0.3) is 10.9 Å². The van der Waals surface area contributed by atoms with Gasteiger partial charge in [-0.15, -0.1) is 0 Å². The van der Waals surface area contributed by atoms with Crippen molar-refractivity contribution in [2.24, 2.45) is 0 Å². The number of rotatable bonds is 1. The van der Waals surface area contributed by atoms with Crippen LogP contribution in [0.3, 0.4) is 0 Å². The number of hydrogen-bond donors (Lipinski definition) is 1. The van der Waals surface area contributed by atoms with Crippen LogP contribution in [0.2, 0.25) is 0 Å². The van der Waals surface area contributed by atoms with Crippen LogP contribution < -0.4 is 0 Å². The number of fused-ring (bicyclic) bond motifs is 1. The Bertz CT molecular complexity index is 601. The third-order valence-electron chi connectivity index (χ3n) is 2.08. The molecule has 0 amide bonds. The van der Waals surface area contributed by atoms with E-state index in [9.17, 15) is 9.18 Å². The molecule has 1 aromatic heterocycles. The van der Waals surface area contributed by atoms with Gasteiger partial charge in [-0.2, -0.15) is 0 Å². The Morgan fingerprint density at radius 3 is 2.69 bits per heavy atom. The van der Waals surface area contributed by atoms with Gasteiger partial charge in [0.05, 0.1) is 5.52 Å². The Labute approximate surface area is 107 Å². The van der Waals surface area contributed by atoms with Crippen molar-refractivity contribution in [2.75, 3.05) is 0 Å². The number of para-hydroxylation sites is 1. The van der Waals surface area contributed by atoms with Crippen LogP contribution in [-0.4, -0.2) is 16.1 Å². The van der Waals surface area contributed by atoms with E-state index in [4.69, 9.17) is 5.11 Å². The van der Waals surface area contributed by atoms with Crippen LogP contribution in [0.1, 0.15) is 10.4 Å². The fourth-order valence-electron chi connectivity index (χ4n) is 1.41. The number of aromatic carboxylic acids is 1. The molecule has 0 unspecified atom stereocenters. The van der Waals surface area contributed by atoms with Gasteiger partial charge in [-0.25, -0.2) is 14.2 Å². The molecule has 0 saturated heterocycles. The maximum absolute atomic E-state index is 13.6. The molecule has 1 N–H and O–H groups in total. The van der Waals surface area contributed by atoms with Gasteiger partial charge in [0.1, 0.15) is 10.2 Å². The number of pyridine rings is 1. The molecule has 2 rings (SSSR count). The molecular weight excluding hydrogens is 345 g/mol. The Balaban J connectivity index is 3.00. The summed E-state index contributed by atoms with van der Waals surface area (Å²) in [4.78, 5) is 14.9. The molecule has 0 spiro atoms. The van der Waals surface area contributed by atoms with Crippen molar-refractivity contribution in [1.82, 2.24) is 4.98 Å². The van der Waals surface area contributed by atoms with Gasteiger partial charge in [0.15, 0.2) is 5.82 Å². The monoisotopic (exact) mass is 347 g/mol. The fourth-order valence-corrected chi connectivity index (χ4v) is 2.24. The largest absolute Gasteiger partial charge is 0.478 e. The summed E-state index contributed by atoms with van der Waals surface area (Å²) in [5.74, 6) is -2.18. The smallest absolute Gasteiger partial charge is 0.339 e. The second-order valence-electron chi connectivity index (χ2n) is 3.03. The Kier molecular flexibility index (Phi) is 2.94. The summed E-state index contributed by atoms with van der Waals surface area (Å²) >= 11 is 6.14. The number of benzene rings is 1. The number of carbonyl (C=O) groups is 1. The molecule has 0 aliphatic rings. The highest BCUT2D eigenvalue weighted by molar-refractivity contribution is 9.11. The second kappa shape index (κ2) is 4.10. The lowest BCUT2D eigenvalue weighted by atomic mass is 10.1. The lowest BCUT2D eigenvalue weighted by molar-refractivity contribution is 0.0694. The number of carboxylic acid groups (broad SMARTS) is 1. The van der Waals surface area contributed by atoms with Crippen molar-refractivity contribution in [3.8, 4) is 0 Å². The molecule has 0 aliphatic carbocycles. The zero-order valence-electron chi connectivity index (χ0n) is 7.67. The molecule has 0 bridgehead atoms. The first-order valence-corrected chi connectivity index (χ1v) is 5.77. The van der Waals surface area contributed by atoms with Gasteiger partial charge >= 0.3 is 5.97 Å². The number of halogens is 3. The van der Waals surface area contributed by atoms with E-state index >= 15 is 0 Å². The average molecular weight is 349 g/mol. The molecule has 0 atom stereocenters. The predicted octanol–water partition coefficient (Wildman–Crippen LogP) is 3.60. The summed E-state index contributed by atoms with van der Waals surface area (Å²) < 4.78 is 14.1. The molecule has 2 aromatic rings. The first-order valence-electron chi connectivity index (χ1n) is 4.19. The first kappa shape index (κ1) is 11.5. The number of carboxylic acids is 1. The van der Waals surface area contributed by atoms with Crippen molar-refractivity contribution in [3.05, 3.63) is 38.7 Å². The van der Waals surface area contributed by atoms with Gasteiger partial charge in [0.2, 0.25) is 0 Å². The third kappa shape index (κ3) is 1.72. The molecule has 16 heavy (non-hydrogen) atoms. The van der Waals surface area contributed by atoms with Gasteiger partial charge in [-0.3, -0.25) is 0 Å². The quantitative estimate of drug-likeness (QED) is 0.801. The first-order chi connectivity index (χ1) is 7.52. The highest BCUT2D eigenvalue weighted by Crippen LogP contribution is 2.29. The van der Waals surface area contributed by atoms with Crippen LogP contribution in [0.4, 0.5) is 4.39 Å². The molecule has 0 fully saturated rings. The van der Waals surface area contributed by atoms with Crippen LogP contribution in [0, 0.1) is 5.82 Å². The third-order valence-corrected chi connectivity index (χ3v) is 3.25. The van der Waals surface area contributed by atoms with Crippen LogP contribution in [-0.2, 0) is 0 Å². The number of aromatic nitrogens is 1. The van der Waals surface area contributed by atoms with Crippen LogP contribution >= 0.6 is 31.9 Å². The van der Waals surface area contributed by atoms with Crippen LogP contribution in [0.5, 0.6) is 0 Å². The second-order valence-corrected chi connectivity index (χ2v) is 4.64. The lowest BCUT2D eigenvalue weighted by Crippen LogP contribution is -2.04. The zero-order chi connectivity index (χ0) is 11.9. The number of hydrogen-bond acceptors (Lipinski definition) is 2. The number of nitrogens with zero attached hydrogens (tertiary/aromatic N) is 1. The summed E-state index contributed by atoms with van der Waals surface area (Å²) in [6, 6.07) is 4.87. The molecule has 0 aliphatic heterocycles. The highest BCUT2D eigenvalue weighted by atomic mass is 79.9. The molecule has 3 nitrogen and oxygen atoms in total. The molecule has 82 valence electrons. The Morgan fingerprint density at radius 2 is 2.06 bits per heavy atom. The SMILES string of the molecule is O=C(O)c1c(F)c(Br)nc2c(Br)cccc12. The molecule has 1 heterocycles. The van der Waals surface area contributed by atoms with E-state index in [1.165, 1.54) is 6.07 Å². The van der Waals surface area contributed by atoms with Gasteiger partial charge in [0, 0.05) is 9.86 Å². The van der Waals surface area contributed by atoms with Gasteiger partial charge in [0.25, 0.3) is 0 Å². The van der Waals surface area contributed by atoms with Crippen molar-refractivity contribution in [3.63, 3.8) is 0 Å². The maximum Gasteiger partial charge on any atom is 0.339 e. The van der Waals surface area contributed by atoms with Crippen molar-refractivity contribution >= 4 is 48.7 Å². The molecule has 0 radical (unpaired) electrons. The minimum absolute atomic E-state index is 0.107. The van der Waals surface area contributed by atoms with Gasteiger partial charge < -0.3 is 5.11 Å². The zero-order valence-corrected chi connectivity index (χ0v) is 10.8. The van der Waals surface area contributed by atoms with E-state index in [2.05, 4.69) is 36.8 Å². The summed E-state index contributed by atoms with van der Waals surface area (Å²) in [7, 11) is 0. The van der Waals surface area contributed by atoms with Crippen molar-refractivity contribution in [2.45, 2.75) is 0 Å². The molecule has 1 aromatic carbocycles. The summed E-state index contributed by atoms with van der Waals surface area (Å²) in [6.07, 6.45) is 0. The van der Waals surface area contributed by atoms with Crippen molar-refractivity contribution < 1.29 is 14.3 Å². The summed E-state index contributed by atoms with van der Waals surface area (Å²) in [5, 5.41) is 9.24. The van der Waals surface area contributed by atoms with E-state index in [-0.39, 0.29) is 15.6 Å². The standard InChI is InChI=1S/C10H4Br2FNO2/c11-5-3-1-2-4-6(10(15)16)7(13)9(12)14-8(4)5/h1-3H,(H,15,16). The van der Waals surface area contributed by atoms with Crippen molar-refractivity contribution in [1.29, 1.82) is 0 Å². The van der Waals surface area contributed by atoms with E-state index in [0.717, 1.165) is 0 Å². The highest BCUT2D eigenvalue weighted by Gasteiger charge is 2.19. The van der Waals surface area contributed by atoms with Gasteiger partial charge in [-0.05, 0) is 37.9 Å².